The van der Waals surface area contributed by atoms with Gasteiger partial charge in [-0.05, 0) is 19.4 Å². The van der Waals surface area contributed by atoms with Crippen LogP contribution in [0.5, 0.6) is 0 Å². The van der Waals surface area contributed by atoms with Crippen molar-refractivity contribution in [2.75, 3.05) is 13.1 Å². The monoisotopic (exact) mass is 221 g/mol. The minimum Gasteiger partial charge on any atom is -0.302 e. The lowest BCUT2D eigenvalue weighted by atomic mass is 10.2. The number of amides is 2. The summed E-state index contributed by atoms with van der Waals surface area (Å²) < 4.78 is 0. The summed E-state index contributed by atoms with van der Waals surface area (Å²) in [6.07, 6.45) is 1.25. The second-order valence-corrected chi connectivity index (χ2v) is 4.30. The number of hydrogen-bond donors (Lipinski definition) is 1. The van der Waals surface area contributed by atoms with E-state index in [1.165, 1.54) is 4.90 Å². The van der Waals surface area contributed by atoms with E-state index >= 15 is 0 Å². The molecule has 5 nitrogen and oxygen atoms in total. The molecular weight excluding hydrogens is 206 g/mol. The van der Waals surface area contributed by atoms with Crippen LogP contribution in [0.4, 0.5) is 0 Å². The predicted molar refractivity (Wildman–Crippen MR) is 56.0 cm³/mol. The first kappa shape index (κ1) is 11.1. The molecule has 1 saturated carbocycles. The van der Waals surface area contributed by atoms with Crippen molar-refractivity contribution in [2.24, 2.45) is 11.8 Å². The van der Waals surface area contributed by atoms with Crippen molar-refractivity contribution < 1.29 is 9.59 Å². The number of nitrogens with one attached hydrogen (secondary N) is 1. The number of nitriles is 1. The normalized spacial score (nSPS) is 28.9. The van der Waals surface area contributed by atoms with E-state index in [4.69, 9.17) is 5.26 Å². The second kappa shape index (κ2) is 4.22. The molecule has 0 aromatic heterocycles. The average molecular weight is 221 g/mol. The van der Waals surface area contributed by atoms with Crippen LogP contribution in [0.25, 0.3) is 0 Å². The van der Waals surface area contributed by atoms with E-state index in [0.29, 0.717) is 19.5 Å². The molecule has 0 aromatic carbocycles. The van der Waals surface area contributed by atoms with Crippen LogP contribution in [0.3, 0.4) is 0 Å². The molecule has 1 N–H and O–H groups in total. The number of carbonyl (C=O) groups is 2. The Labute approximate surface area is 94.4 Å². The van der Waals surface area contributed by atoms with Gasteiger partial charge < -0.3 is 5.32 Å². The minimum absolute atomic E-state index is 0.0350. The third kappa shape index (κ3) is 1.81. The molecule has 1 aliphatic carbocycles. The Kier molecular flexibility index (Phi) is 2.92. The SMILES string of the molecule is CCNC(C#N)CCN1C(=O)C2CC2C1=O. The fourth-order valence-corrected chi connectivity index (χ4v) is 2.19. The van der Waals surface area contributed by atoms with Crippen molar-refractivity contribution in [3.63, 3.8) is 0 Å². The molecule has 0 spiro atoms. The zero-order valence-electron chi connectivity index (χ0n) is 9.27. The van der Waals surface area contributed by atoms with E-state index in [-0.39, 0.29) is 29.7 Å². The number of fused-ring (bicyclic) bond motifs is 1. The summed E-state index contributed by atoms with van der Waals surface area (Å²) in [7, 11) is 0. The Hall–Kier alpha value is -1.41. The minimum atomic E-state index is -0.275. The third-order valence-electron chi connectivity index (χ3n) is 3.20. The number of piperidine rings is 1. The number of imide groups is 1. The van der Waals surface area contributed by atoms with Gasteiger partial charge in [-0.3, -0.25) is 14.5 Å². The first-order valence-corrected chi connectivity index (χ1v) is 5.67. The Morgan fingerprint density at radius 2 is 2.12 bits per heavy atom. The fraction of sp³-hybridized carbons (Fsp3) is 0.727. The largest absolute Gasteiger partial charge is 0.302 e. The average Bonchev–Trinajstić information content (AvgIpc) is 3.02. The standard InChI is InChI=1S/C11H15N3O2/c1-2-13-7(6-12)3-4-14-10(15)8-5-9(8)11(14)16/h7-9,13H,2-5H2,1H3. The predicted octanol–water partition coefficient (Wildman–Crippen LogP) is -0.117. The number of carbonyl (C=O) groups excluding carboxylic acids is 2. The lowest BCUT2D eigenvalue weighted by Crippen LogP contribution is -2.38. The van der Waals surface area contributed by atoms with Gasteiger partial charge in [-0.2, -0.15) is 5.26 Å². The van der Waals surface area contributed by atoms with E-state index in [1.807, 2.05) is 6.92 Å². The second-order valence-electron chi connectivity index (χ2n) is 4.30. The van der Waals surface area contributed by atoms with Gasteiger partial charge in [0.1, 0.15) is 0 Å². The molecule has 5 heteroatoms. The maximum absolute atomic E-state index is 11.6. The molecule has 2 aliphatic rings. The lowest BCUT2D eigenvalue weighted by molar-refractivity contribution is -0.141. The van der Waals surface area contributed by atoms with Gasteiger partial charge in [0.05, 0.1) is 23.9 Å². The highest BCUT2D eigenvalue weighted by Crippen LogP contribution is 2.46. The van der Waals surface area contributed by atoms with Crippen LogP contribution < -0.4 is 5.32 Å². The highest BCUT2D eigenvalue weighted by atomic mass is 16.2. The lowest BCUT2D eigenvalue weighted by Gasteiger charge is -2.18. The van der Waals surface area contributed by atoms with Crippen molar-refractivity contribution in [1.82, 2.24) is 10.2 Å². The smallest absolute Gasteiger partial charge is 0.233 e. The van der Waals surface area contributed by atoms with Crippen LogP contribution in [-0.4, -0.2) is 35.8 Å². The maximum Gasteiger partial charge on any atom is 0.233 e. The van der Waals surface area contributed by atoms with Gasteiger partial charge in [-0.25, -0.2) is 0 Å². The summed E-state index contributed by atoms with van der Waals surface area (Å²) in [4.78, 5) is 24.6. The van der Waals surface area contributed by atoms with Gasteiger partial charge in [0.2, 0.25) is 11.8 Å². The third-order valence-corrected chi connectivity index (χ3v) is 3.20. The first-order chi connectivity index (χ1) is 7.69. The Bertz CT molecular complexity index is 341. The molecule has 0 bridgehead atoms. The molecule has 16 heavy (non-hydrogen) atoms. The van der Waals surface area contributed by atoms with Crippen LogP contribution in [0, 0.1) is 23.2 Å². The van der Waals surface area contributed by atoms with Gasteiger partial charge in [0.25, 0.3) is 0 Å². The van der Waals surface area contributed by atoms with Gasteiger partial charge in [-0.1, -0.05) is 6.92 Å². The first-order valence-electron chi connectivity index (χ1n) is 5.67. The van der Waals surface area contributed by atoms with Crippen LogP contribution in [0.15, 0.2) is 0 Å². The fourth-order valence-electron chi connectivity index (χ4n) is 2.19. The van der Waals surface area contributed by atoms with Crippen molar-refractivity contribution in [3.8, 4) is 6.07 Å². The molecule has 3 unspecified atom stereocenters. The molecule has 1 aliphatic heterocycles. The van der Waals surface area contributed by atoms with Crippen molar-refractivity contribution in [2.45, 2.75) is 25.8 Å². The molecule has 0 radical (unpaired) electrons. The van der Waals surface area contributed by atoms with Gasteiger partial charge in [0.15, 0.2) is 0 Å². The van der Waals surface area contributed by atoms with Crippen LogP contribution in [0.1, 0.15) is 19.8 Å². The molecule has 1 heterocycles. The number of hydrogen-bond acceptors (Lipinski definition) is 4. The van der Waals surface area contributed by atoms with E-state index in [1.54, 1.807) is 0 Å². The van der Waals surface area contributed by atoms with Crippen molar-refractivity contribution in [3.05, 3.63) is 0 Å². The van der Waals surface area contributed by atoms with E-state index in [0.717, 1.165) is 6.42 Å². The summed E-state index contributed by atoms with van der Waals surface area (Å²) in [6.45, 7) is 3.01. The zero-order valence-corrected chi connectivity index (χ0v) is 9.27. The topological polar surface area (TPSA) is 73.2 Å². The van der Waals surface area contributed by atoms with E-state index < -0.39 is 0 Å². The van der Waals surface area contributed by atoms with E-state index in [9.17, 15) is 9.59 Å². The highest BCUT2D eigenvalue weighted by molar-refractivity contribution is 6.08. The summed E-state index contributed by atoms with van der Waals surface area (Å²) in [5.74, 6) is -0.147. The number of nitrogens with zero attached hydrogens (tertiary/aromatic N) is 2. The summed E-state index contributed by atoms with van der Waals surface area (Å²) >= 11 is 0. The van der Waals surface area contributed by atoms with Crippen LogP contribution in [-0.2, 0) is 9.59 Å². The van der Waals surface area contributed by atoms with E-state index in [2.05, 4.69) is 11.4 Å². The van der Waals surface area contributed by atoms with Crippen LogP contribution in [0.2, 0.25) is 0 Å². The summed E-state index contributed by atoms with van der Waals surface area (Å²) in [6, 6.07) is 1.84. The summed E-state index contributed by atoms with van der Waals surface area (Å²) in [5.41, 5.74) is 0. The Balaban J connectivity index is 1.84. The quantitative estimate of drug-likeness (QED) is 0.657. The van der Waals surface area contributed by atoms with Gasteiger partial charge in [-0.15, -0.1) is 0 Å². The summed E-state index contributed by atoms with van der Waals surface area (Å²) in [5, 5.41) is 11.8. The molecule has 0 aromatic rings. The number of likely N-dealkylation sites (tertiary alicyclic amines) is 1. The molecule has 2 amide bonds. The van der Waals surface area contributed by atoms with Gasteiger partial charge in [0, 0.05) is 6.54 Å². The van der Waals surface area contributed by atoms with Crippen molar-refractivity contribution >= 4 is 11.8 Å². The maximum atomic E-state index is 11.6. The molecule has 2 fully saturated rings. The van der Waals surface area contributed by atoms with Crippen molar-refractivity contribution in [1.29, 1.82) is 5.26 Å². The zero-order chi connectivity index (χ0) is 11.7. The molecule has 2 rings (SSSR count). The molecule has 86 valence electrons. The highest BCUT2D eigenvalue weighted by Gasteiger charge is 2.58. The molecule has 1 saturated heterocycles. The Morgan fingerprint density at radius 3 is 2.62 bits per heavy atom. The molecule has 3 atom stereocenters. The number of rotatable bonds is 5. The Morgan fingerprint density at radius 1 is 1.50 bits per heavy atom. The van der Waals surface area contributed by atoms with Gasteiger partial charge >= 0.3 is 0 Å². The van der Waals surface area contributed by atoms with Crippen LogP contribution >= 0.6 is 0 Å². The molecular formula is C11H15N3O2.